The highest BCUT2D eigenvalue weighted by atomic mass is 16.5. The topological polar surface area (TPSA) is 21.3 Å². The van der Waals surface area contributed by atoms with Crippen LogP contribution in [0.3, 0.4) is 0 Å². The van der Waals surface area contributed by atoms with Gasteiger partial charge in [0.2, 0.25) is 0 Å². The van der Waals surface area contributed by atoms with Crippen LogP contribution < -0.4 is 10.1 Å². The zero-order valence-electron chi connectivity index (χ0n) is 10.6. The first-order valence-corrected chi connectivity index (χ1v) is 6.37. The van der Waals surface area contributed by atoms with Gasteiger partial charge in [0.05, 0.1) is 0 Å². The van der Waals surface area contributed by atoms with Crippen LogP contribution in [0.4, 0.5) is 5.69 Å². The number of benzene rings is 2. The first-order valence-electron chi connectivity index (χ1n) is 6.37. The number of nitrogens with one attached hydrogen (secondary N) is 1. The van der Waals surface area contributed by atoms with E-state index in [1.807, 2.05) is 18.2 Å². The molecule has 0 aromatic heterocycles. The third-order valence-electron chi connectivity index (χ3n) is 3.44. The maximum Gasteiger partial charge on any atom is 0.122 e. The van der Waals surface area contributed by atoms with Gasteiger partial charge in [-0.05, 0) is 42.2 Å². The van der Waals surface area contributed by atoms with Gasteiger partial charge in [-0.2, -0.15) is 0 Å². The van der Waals surface area contributed by atoms with Gasteiger partial charge in [0.15, 0.2) is 0 Å². The average Bonchev–Trinajstić information content (AvgIpc) is 2.86. The summed E-state index contributed by atoms with van der Waals surface area (Å²) in [6.45, 7) is 3.76. The molecule has 0 saturated carbocycles. The molecule has 2 aromatic carbocycles. The first kappa shape index (κ1) is 11.1. The minimum absolute atomic E-state index is 0.649. The summed E-state index contributed by atoms with van der Waals surface area (Å²) in [6.07, 6.45) is 1.10. The summed E-state index contributed by atoms with van der Waals surface area (Å²) in [6, 6.07) is 14.5. The molecular formula is C16H17NO. The molecule has 18 heavy (non-hydrogen) atoms. The van der Waals surface area contributed by atoms with Crippen LogP contribution in [0.2, 0.25) is 0 Å². The van der Waals surface area contributed by atoms with Crippen LogP contribution >= 0.6 is 0 Å². The van der Waals surface area contributed by atoms with E-state index in [1.165, 1.54) is 22.4 Å². The van der Waals surface area contributed by atoms with Gasteiger partial charge < -0.3 is 10.1 Å². The zero-order chi connectivity index (χ0) is 12.4. The second-order valence-corrected chi connectivity index (χ2v) is 4.67. The predicted molar refractivity (Wildman–Crippen MR) is 74.1 cm³/mol. The minimum Gasteiger partial charge on any atom is -0.489 e. The molecule has 0 aliphatic carbocycles. The minimum atomic E-state index is 0.649. The van der Waals surface area contributed by atoms with E-state index in [1.54, 1.807) is 0 Å². The molecule has 2 heteroatoms. The van der Waals surface area contributed by atoms with Gasteiger partial charge in [0, 0.05) is 12.2 Å². The maximum absolute atomic E-state index is 5.92. The average molecular weight is 239 g/mol. The van der Waals surface area contributed by atoms with Crippen LogP contribution in [-0.2, 0) is 13.0 Å². The Hall–Kier alpha value is -1.96. The fourth-order valence-electron chi connectivity index (χ4n) is 2.43. The van der Waals surface area contributed by atoms with Crippen molar-refractivity contribution in [1.29, 1.82) is 0 Å². The van der Waals surface area contributed by atoms with Crippen LogP contribution in [0.15, 0.2) is 42.5 Å². The fourth-order valence-corrected chi connectivity index (χ4v) is 2.43. The predicted octanol–water partition coefficient (Wildman–Crippen LogP) is 3.54. The molecule has 0 amide bonds. The van der Waals surface area contributed by atoms with Crippen molar-refractivity contribution < 1.29 is 4.74 Å². The van der Waals surface area contributed by atoms with Crippen molar-refractivity contribution >= 4 is 5.69 Å². The summed E-state index contributed by atoms with van der Waals surface area (Å²) >= 11 is 0. The summed E-state index contributed by atoms with van der Waals surface area (Å²) < 4.78 is 5.92. The molecule has 0 atom stereocenters. The Morgan fingerprint density at radius 2 is 2.00 bits per heavy atom. The third kappa shape index (κ3) is 2.06. The Morgan fingerprint density at radius 1 is 1.11 bits per heavy atom. The van der Waals surface area contributed by atoms with Crippen molar-refractivity contribution in [3.63, 3.8) is 0 Å². The van der Waals surface area contributed by atoms with E-state index in [0.717, 1.165) is 18.7 Å². The van der Waals surface area contributed by atoms with E-state index < -0.39 is 0 Å². The lowest BCUT2D eigenvalue weighted by Crippen LogP contribution is -2.00. The highest BCUT2D eigenvalue weighted by Crippen LogP contribution is 2.27. The SMILES string of the molecule is Cc1ccccc1OCc1cccc2c1CCN2. The molecule has 2 aromatic rings. The lowest BCUT2D eigenvalue weighted by Gasteiger charge is -2.11. The van der Waals surface area contributed by atoms with Crippen molar-refractivity contribution in [3.8, 4) is 5.75 Å². The van der Waals surface area contributed by atoms with Crippen molar-refractivity contribution in [2.75, 3.05) is 11.9 Å². The largest absolute Gasteiger partial charge is 0.489 e. The summed E-state index contributed by atoms with van der Waals surface area (Å²) in [5.74, 6) is 0.973. The second kappa shape index (κ2) is 4.73. The van der Waals surface area contributed by atoms with Crippen LogP contribution in [-0.4, -0.2) is 6.54 Å². The Bertz CT molecular complexity index is 563. The van der Waals surface area contributed by atoms with Gasteiger partial charge in [-0.3, -0.25) is 0 Å². The second-order valence-electron chi connectivity index (χ2n) is 4.67. The van der Waals surface area contributed by atoms with Gasteiger partial charge in [-0.25, -0.2) is 0 Å². The Balaban J connectivity index is 1.78. The Morgan fingerprint density at radius 3 is 2.89 bits per heavy atom. The molecule has 0 radical (unpaired) electrons. The normalized spacial score (nSPS) is 12.9. The van der Waals surface area contributed by atoms with Gasteiger partial charge in [-0.1, -0.05) is 30.3 Å². The number of para-hydroxylation sites is 1. The Labute approximate surface area is 108 Å². The molecular weight excluding hydrogens is 222 g/mol. The van der Waals surface area contributed by atoms with E-state index in [9.17, 15) is 0 Å². The summed E-state index contributed by atoms with van der Waals surface area (Å²) in [4.78, 5) is 0. The van der Waals surface area contributed by atoms with E-state index >= 15 is 0 Å². The monoisotopic (exact) mass is 239 g/mol. The van der Waals surface area contributed by atoms with Crippen molar-refractivity contribution in [1.82, 2.24) is 0 Å². The fraction of sp³-hybridized carbons (Fsp3) is 0.250. The van der Waals surface area contributed by atoms with Gasteiger partial charge >= 0.3 is 0 Å². The maximum atomic E-state index is 5.92. The van der Waals surface area contributed by atoms with Gasteiger partial charge in [0.25, 0.3) is 0 Å². The number of hydrogen-bond acceptors (Lipinski definition) is 2. The van der Waals surface area contributed by atoms with E-state index in [2.05, 4.69) is 36.5 Å². The summed E-state index contributed by atoms with van der Waals surface area (Å²) in [5, 5.41) is 3.39. The smallest absolute Gasteiger partial charge is 0.122 e. The molecule has 0 unspecified atom stereocenters. The molecule has 0 saturated heterocycles. The van der Waals surface area contributed by atoms with E-state index in [-0.39, 0.29) is 0 Å². The molecule has 0 spiro atoms. The van der Waals surface area contributed by atoms with Crippen LogP contribution in [0.1, 0.15) is 16.7 Å². The number of ether oxygens (including phenoxy) is 1. The standard InChI is InChI=1S/C16H17NO/c1-12-5-2-3-8-16(12)18-11-13-6-4-7-15-14(13)9-10-17-15/h2-8,17H,9-11H2,1H3. The van der Waals surface area contributed by atoms with Crippen LogP contribution in [0.5, 0.6) is 5.75 Å². The van der Waals surface area contributed by atoms with E-state index in [4.69, 9.17) is 4.74 Å². The molecule has 1 aliphatic heterocycles. The summed E-state index contributed by atoms with van der Waals surface area (Å²) in [5.41, 5.74) is 5.15. The Kier molecular flexibility index (Phi) is 2.93. The van der Waals surface area contributed by atoms with Gasteiger partial charge in [-0.15, -0.1) is 0 Å². The lowest BCUT2D eigenvalue weighted by atomic mass is 10.1. The van der Waals surface area contributed by atoms with Crippen LogP contribution in [0.25, 0.3) is 0 Å². The highest BCUT2D eigenvalue weighted by molar-refractivity contribution is 5.58. The number of rotatable bonds is 3. The molecule has 1 heterocycles. The quantitative estimate of drug-likeness (QED) is 0.884. The molecule has 3 rings (SSSR count). The molecule has 92 valence electrons. The zero-order valence-corrected chi connectivity index (χ0v) is 10.6. The van der Waals surface area contributed by atoms with Crippen molar-refractivity contribution in [2.45, 2.75) is 20.0 Å². The highest BCUT2D eigenvalue weighted by Gasteiger charge is 2.13. The van der Waals surface area contributed by atoms with E-state index in [0.29, 0.717) is 6.61 Å². The van der Waals surface area contributed by atoms with Gasteiger partial charge in [0.1, 0.15) is 12.4 Å². The lowest BCUT2D eigenvalue weighted by molar-refractivity contribution is 0.303. The van der Waals surface area contributed by atoms with Crippen LogP contribution in [0, 0.1) is 6.92 Å². The third-order valence-corrected chi connectivity index (χ3v) is 3.44. The molecule has 0 fully saturated rings. The molecule has 1 N–H and O–H groups in total. The molecule has 1 aliphatic rings. The molecule has 2 nitrogen and oxygen atoms in total. The number of anilines is 1. The number of hydrogen-bond donors (Lipinski definition) is 1. The van der Waals surface area contributed by atoms with Crippen molar-refractivity contribution in [2.24, 2.45) is 0 Å². The van der Waals surface area contributed by atoms with Crippen molar-refractivity contribution in [3.05, 3.63) is 59.2 Å². The number of aryl methyl sites for hydroxylation is 1. The molecule has 0 bridgehead atoms. The first-order chi connectivity index (χ1) is 8.84. The number of fused-ring (bicyclic) bond motifs is 1. The summed E-state index contributed by atoms with van der Waals surface area (Å²) in [7, 11) is 0.